The van der Waals surface area contributed by atoms with Crippen LogP contribution < -0.4 is 10.5 Å². The Morgan fingerprint density at radius 1 is 0.731 bits per heavy atom. The van der Waals surface area contributed by atoms with Crippen molar-refractivity contribution in [2.24, 2.45) is 5.73 Å². The van der Waals surface area contributed by atoms with Crippen molar-refractivity contribution in [3.63, 3.8) is 0 Å². The second kappa shape index (κ2) is 18.1. The first kappa shape index (κ1) is 28.0. The Kier molecular flexibility index (Phi) is 19.5. The Balaban J connectivity index is 0. The quantitative estimate of drug-likeness (QED) is 0.543. The summed E-state index contributed by atoms with van der Waals surface area (Å²) in [5.41, 5.74) is 5.61. The van der Waals surface area contributed by atoms with Gasteiger partial charge in [0.1, 0.15) is 5.75 Å². The summed E-state index contributed by atoms with van der Waals surface area (Å²) in [7, 11) is 0. The Morgan fingerprint density at radius 3 is 1.88 bits per heavy atom. The maximum atomic E-state index is 5.72. The molecule has 1 aromatic rings. The van der Waals surface area contributed by atoms with Gasteiger partial charge in [0.25, 0.3) is 0 Å². The lowest BCUT2D eigenvalue weighted by atomic mass is 10.1. The highest BCUT2D eigenvalue weighted by atomic mass is 35.5. The fraction of sp³-hybridized carbons (Fsp3) is 0.684. The molecule has 4 nitrogen and oxygen atoms in total. The second-order valence-corrected chi connectivity index (χ2v) is 6.40. The average molecular weight is 429 g/mol. The molecule has 1 aliphatic heterocycles. The van der Waals surface area contributed by atoms with E-state index in [1.807, 2.05) is 30.3 Å². The van der Waals surface area contributed by atoms with E-state index in [0.717, 1.165) is 31.9 Å². The zero-order valence-electron chi connectivity index (χ0n) is 15.7. The van der Waals surface area contributed by atoms with Crippen molar-refractivity contribution < 1.29 is 4.74 Å². The zero-order chi connectivity index (χ0) is 16.2. The van der Waals surface area contributed by atoms with Crippen molar-refractivity contribution in [1.29, 1.82) is 0 Å². The monoisotopic (exact) mass is 427 g/mol. The average Bonchev–Trinajstić information content (AvgIpc) is 2.60. The number of benzene rings is 1. The highest BCUT2D eigenvalue weighted by Gasteiger charge is 2.15. The molecule has 0 unspecified atom stereocenters. The summed E-state index contributed by atoms with van der Waals surface area (Å²) in [6.07, 6.45) is 6.43. The number of hydrogen-bond acceptors (Lipinski definition) is 4. The number of rotatable bonds is 11. The normalized spacial score (nSPS) is 14.7. The zero-order valence-corrected chi connectivity index (χ0v) is 18.1. The molecule has 0 bridgehead atoms. The molecular weight excluding hydrogens is 393 g/mol. The molecule has 0 spiro atoms. The van der Waals surface area contributed by atoms with Crippen LogP contribution in [0.1, 0.15) is 32.1 Å². The van der Waals surface area contributed by atoms with Crippen molar-refractivity contribution in [3.8, 4) is 5.75 Å². The molecule has 1 saturated heterocycles. The lowest BCUT2D eigenvalue weighted by Gasteiger charge is -2.34. The number of hydrogen-bond donors (Lipinski definition) is 1. The van der Waals surface area contributed by atoms with E-state index in [1.165, 1.54) is 58.4 Å². The van der Waals surface area contributed by atoms with Crippen molar-refractivity contribution in [2.75, 3.05) is 52.4 Å². The molecule has 2 rings (SSSR count). The van der Waals surface area contributed by atoms with Gasteiger partial charge in [-0.1, -0.05) is 37.5 Å². The third-order valence-corrected chi connectivity index (χ3v) is 4.54. The van der Waals surface area contributed by atoms with Gasteiger partial charge in [-0.25, -0.2) is 0 Å². The molecule has 0 amide bonds. The summed E-state index contributed by atoms with van der Waals surface area (Å²) in [5, 5.41) is 0. The van der Waals surface area contributed by atoms with E-state index in [0.29, 0.717) is 0 Å². The summed E-state index contributed by atoms with van der Waals surface area (Å²) in [5.74, 6) is 0.987. The van der Waals surface area contributed by atoms with Crippen molar-refractivity contribution in [2.45, 2.75) is 32.1 Å². The highest BCUT2D eigenvalue weighted by Crippen LogP contribution is 2.10. The van der Waals surface area contributed by atoms with Crippen LogP contribution in [0.15, 0.2) is 30.3 Å². The molecule has 26 heavy (non-hydrogen) atoms. The summed E-state index contributed by atoms with van der Waals surface area (Å²) >= 11 is 0. The van der Waals surface area contributed by atoms with Crippen molar-refractivity contribution in [1.82, 2.24) is 9.80 Å². The summed E-state index contributed by atoms with van der Waals surface area (Å²) in [4.78, 5) is 5.08. The van der Waals surface area contributed by atoms with Crippen LogP contribution >= 0.6 is 37.2 Å². The van der Waals surface area contributed by atoms with Gasteiger partial charge in [0.05, 0.1) is 6.61 Å². The predicted octanol–water partition coefficient (Wildman–Crippen LogP) is 3.86. The fourth-order valence-electron chi connectivity index (χ4n) is 3.09. The molecule has 1 aromatic carbocycles. The van der Waals surface area contributed by atoms with E-state index in [-0.39, 0.29) is 37.2 Å². The number of ether oxygens (including phenoxy) is 1. The van der Waals surface area contributed by atoms with Crippen LogP contribution in [0.25, 0.3) is 0 Å². The minimum Gasteiger partial charge on any atom is -0.494 e. The molecular formula is C19H36Cl3N3O. The molecule has 0 aliphatic carbocycles. The van der Waals surface area contributed by atoms with Gasteiger partial charge in [0, 0.05) is 39.3 Å². The van der Waals surface area contributed by atoms with Crippen LogP contribution in [0.5, 0.6) is 5.75 Å². The number of piperazine rings is 1. The number of unbranched alkanes of at least 4 members (excludes halogenated alkanes) is 4. The fourth-order valence-corrected chi connectivity index (χ4v) is 3.09. The Hall–Kier alpha value is -0.230. The van der Waals surface area contributed by atoms with Crippen molar-refractivity contribution >= 4 is 37.2 Å². The number of para-hydroxylation sites is 1. The Labute approximate surface area is 178 Å². The van der Waals surface area contributed by atoms with Gasteiger partial charge in [0.15, 0.2) is 0 Å². The van der Waals surface area contributed by atoms with Gasteiger partial charge < -0.3 is 15.4 Å². The maximum absolute atomic E-state index is 5.72. The SMILES string of the molecule is Cl.Cl.Cl.NCCN1CCN(CCCCCCCOc2ccccc2)CC1. The topological polar surface area (TPSA) is 41.7 Å². The Bertz CT molecular complexity index is 404. The van der Waals surface area contributed by atoms with Crippen LogP contribution in [0.2, 0.25) is 0 Å². The van der Waals surface area contributed by atoms with Gasteiger partial charge in [-0.2, -0.15) is 0 Å². The number of halogens is 3. The molecule has 154 valence electrons. The summed E-state index contributed by atoms with van der Waals surface area (Å²) in [6.45, 7) is 8.74. The highest BCUT2D eigenvalue weighted by molar-refractivity contribution is 5.86. The second-order valence-electron chi connectivity index (χ2n) is 6.40. The predicted molar refractivity (Wildman–Crippen MR) is 119 cm³/mol. The van der Waals surface area contributed by atoms with Crippen LogP contribution in [0.3, 0.4) is 0 Å². The molecule has 0 saturated carbocycles. The van der Waals surface area contributed by atoms with E-state index >= 15 is 0 Å². The van der Waals surface area contributed by atoms with Gasteiger partial charge in [-0.3, -0.25) is 4.90 Å². The van der Waals surface area contributed by atoms with Gasteiger partial charge >= 0.3 is 0 Å². The number of nitrogens with zero attached hydrogens (tertiary/aromatic N) is 2. The minimum atomic E-state index is 0. The van der Waals surface area contributed by atoms with E-state index in [4.69, 9.17) is 10.5 Å². The van der Waals surface area contributed by atoms with Crippen molar-refractivity contribution in [3.05, 3.63) is 30.3 Å². The van der Waals surface area contributed by atoms with Gasteiger partial charge in [0.2, 0.25) is 0 Å². The standard InChI is InChI=1S/C19H33N3O.3ClH/c20-11-13-22-16-14-21(15-17-22)12-7-2-1-3-8-18-23-19-9-5-4-6-10-19;;;/h4-6,9-10H,1-3,7-8,11-18,20H2;3*1H. The van der Waals surface area contributed by atoms with Crippen LogP contribution in [-0.2, 0) is 0 Å². The Morgan fingerprint density at radius 2 is 1.27 bits per heavy atom. The molecule has 1 heterocycles. The first-order valence-corrected chi connectivity index (χ1v) is 9.21. The van der Waals surface area contributed by atoms with Crippen LogP contribution in [0, 0.1) is 0 Å². The first-order valence-electron chi connectivity index (χ1n) is 9.21. The third-order valence-electron chi connectivity index (χ3n) is 4.54. The first-order chi connectivity index (χ1) is 11.4. The summed E-state index contributed by atoms with van der Waals surface area (Å²) in [6, 6.07) is 10.1. The van der Waals surface area contributed by atoms with E-state index in [2.05, 4.69) is 9.80 Å². The lowest BCUT2D eigenvalue weighted by molar-refractivity contribution is 0.133. The number of nitrogens with two attached hydrogens (primary N) is 1. The lowest BCUT2D eigenvalue weighted by Crippen LogP contribution is -2.47. The van der Waals surface area contributed by atoms with E-state index < -0.39 is 0 Å². The molecule has 0 radical (unpaired) electrons. The van der Waals surface area contributed by atoms with E-state index in [1.54, 1.807) is 0 Å². The minimum absolute atomic E-state index is 0. The third kappa shape index (κ3) is 12.2. The molecule has 1 aliphatic rings. The molecule has 2 N–H and O–H groups in total. The largest absolute Gasteiger partial charge is 0.494 e. The summed E-state index contributed by atoms with van der Waals surface area (Å²) < 4.78 is 5.72. The van der Waals surface area contributed by atoms with E-state index in [9.17, 15) is 0 Å². The van der Waals surface area contributed by atoms with Gasteiger partial charge in [-0.15, -0.1) is 37.2 Å². The molecule has 0 atom stereocenters. The maximum Gasteiger partial charge on any atom is 0.119 e. The van der Waals surface area contributed by atoms with Crippen LogP contribution in [0.4, 0.5) is 0 Å². The molecule has 1 fully saturated rings. The smallest absolute Gasteiger partial charge is 0.119 e. The molecule has 7 heteroatoms. The van der Waals surface area contributed by atoms with Crippen LogP contribution in [-0.4, -0.2) is 62.2 Å². The molecule has 0 aromatic heterocycles. The van der Waals surface area contributed by atoms with Gasteiger partial charge in [-0.05, 0) is 31.5 Å².